The van der Waals surface area contributed by atoms with Gasteiger partial charge >= 0.3 is 0 Å². The number of hydrogen-bond donors (Lipinski definition) is 1. The molecular formula is C7H15NO3S. The van der Waals surface area contributed by atoms with Gasteiger partial charge in [-0.15, -0.1) is 0 Å². The summed E-state index contributed by atoms with van der Waals surface area (Å²) in [5.41, 5.74) is 0. The van der Waals surface area contributed by atoms with E-state index in [0.29, 0.717) is 19.4 Å². The molecule has 0 aromatic rings. The molecule has 2 N–H and O–H groups in total. The van der Waals surface area contributed by atoms with E-state index < -0.39 is 14.8 Å². The molecule has 5 heteroatoms. The average molecular weight is 193 g/mol. The van der Waals surface area contributed by atoms with Gasteiger partial charge in [0.05, 0.1) is 6.61 Å². The lowest BCUT2D eigenvalue weighted by atomic mass is 10.4. The van der Waals surface area contributed by atoms with Crippen LogP contribution in [0, 0.1) is 0 Å². The zero-order valence-electron chi connectivity index (χ0n) is 7.25. The lowest BCUT2D eigenvalue weighted by Gasteiger charge is -2.11. The van der Waals surface area contributed by atoms with Crippen molar-refractivity contribution in [2.45, 2.75) is 30.9 Å². The summed E-state index contributed by atoms with van der Waals surface area (Å²) in [5, 5.41) is 5.05. The molecule has 72 valence electrons. The molecule has 1 rings (SSSR count). The maximum atomic E-state index is 11.0. The Morgan fingerprint density at radius 1 is 1.50 bits per heavy atom. The number of sulfonamides is 1. The minimum absolute atomic E-state index is 0.264. The highest BCUT2D eigenvalue weighted by atomic mass is 32.2. The fraction of sp³-hybridized carbons (Fsp3) is 1.00. The topological polar surface area (TPSA) is 69.4 Å². The Labute approximate surface area is 73.1 Å². The van der Waals surface area contributed by atoms with Crippen LogP contribution in [0.4, 0.5) is 0 Å². The third-order valence-electron chi connectivity index (χ3n) is 2.12. The van der Waals surface area contributed by atoms with Crippen molar-refractivity contribution in [3.05, 3.63) is 0 Å². The molecule has 0 amide bonds. The van der Waals surface area contributed by atoms with E-state index in [1.54, 1.807) is 0 Å². The van der Waals surface area contributed by atoms with Gasteiger partial charge in [0.25, 0.3) is 0 Å². The van der Waals surface area contributed by atoms with E-state index in [2.05, 4.69) is 0 Å². The van der Waals surface area contributed by atoms with Crippen LogP contribution in [-0.2, 0) is 14.8 Å². The lowest BCUT2D eigenvalue weighted by molar-refractivity contribution is 0.130. The molecule has 1 saturated carbocycles. The standard InChI is InChI=1S/C7H15NO3S/c1-2-5-11-6-7(3-4-7)12(8,9)10/h2-6H2,1H3,(H2,8,9,10). The molecule has 0 saturated heterocycles. The maximum Gasteiger partial charge on any atom is 0.217 e. The molecule has 0 aromatic carbocycles. The van der Waals surface area contributed by atoms with Crippen molar-refractivity contribution >= 4 is 10.0 Å². The number of rotatable bonds is 5. The van der Waals surface area contributed by atoms with Gasteiger partial charge in [0.15, 0.2) is 0 Å². The molecule has 1 aliphatic carbocycles. The summed E-state index contributed by atoms with van der Waals surface area (Å²) in [7, 11) is -3.40. The first-order valence-corrected chi connectivity index (χ1v) is 5.66. The number of ether oxygens (including phenoxy) is 1. The molecule has 0 aromatic heterocycles. The monoisotopic (exact) mass is 193 g/mol. The SMILES string of the molecule is CCCOCC1(S(N)(=O)=O)CC1. The number of nitrogens with two attached hydrogens (primary N) is 1. The van der Waals surface area contributed by atoms with Gasteiger partial charge in [-0.25, -0.2) is 13.6 Å². The second-order valence-corrected chi connectivity index (χ2v) is 5.24. The van der Waals surface area contributed by atoms with Gasteiger partial charge < -0.3 is 4.74 Å². The first-order chi connectivity index (χ1) is 5.52. The zero-order chi connectivity index (χ0) is 9.24. The Balaban J connectivity index is 2.41. The molecule has 0 heterocycles. The number of primary sulfonamides is 1. The Bertz CT molecular complexity index is 243. The molecular weight excluding hydrogens is 178 g/mol. The van der Waals surface area contributed by atoms with Crippen LogP contribution in [-0.4, -0.2) is 26.4 Å². The maximum absolute atomic E-state index is 11.0. The van der Waals surface area contributed by atoms with Crippen LogP contribution >= 0.6 is 0 Å². The van der Waals surface area contributed by atoms with Gasteiger partial charge in [-0.3, -0.25) is 0 Å². The van der Waals surface area contributed by atoms with Gasteiger partial charge in [-0.2, -0.15) is 0 Å². The summed E-state index contributed by atoms with van der Waals surface area (Å²) >= 11 is 0. The van der Waals surface area contributed by atoms with E-state index in [1.807, 2.05) is 6.92 Å². The fourth-order valence-corrected chi connectivity index (χ4v) is 1.97. The van der Waals surface area contributed by atoms with Crippen molar-refractivity contribution in [2.75, 3.05) is 13.2 Å². The van der Waals surface area contributed by atoms with Crippen molar-refractivity contribution in [2.24, 2.45) is 5.14 Å². The van der Waals surface area contributed by atoms with E-state index in [4.69, 9.17) is 9.88 Å². The Kier molecular flexibility index (Phi) is 2.75. The third-order valence-corrected chi connectivity index (χ3v) is 3.86. The highest BCUT2D eigenvalue weighted by Gasteiger charge is 2.53. The van der Waals surface area contributed by atoms with Crippen LogP contribution in [0.25, 0.3) is 0 Å². The van der Waals surface area contributed by atoms with Crippen molar-refractivity contribution in [1.82, 2.24) is 0 Å². The number of hydrogen-bond acceptors (Lipinski definition) is 3. The van der Waals surface area contributed by atoms with Crippen LogP contribution in [0.2, 0.25) is 0 Å². The van der Waals surface area contributed by atoms with Crippen molar-refractivity contribution < 1.29 is 13.2 Å². The minimum atomic E-state index is -3.40. The van der Waals surface area contributed by atoms with Gasteiger partial charge in [0.1, 0.15) is 4.75 Å². The second-order valence-electron chi connectivity index (χ2n) is 3.28. The molecule has 0 radical (unpaired) electrons. The second kappa shape index (κ2) is 3.32. The van der Waals surface area contributed by atoms with Crippen LogP contribution in [0.5, 0.6) is 0 Å². The summed E-state index contributed by atoms with van der Waals surface area (Å²) in [6, 6.07) is 0. The van der Waals surface area contributed by atoms with Crippen molar-refractivity contribution in [3.8, 4) is 0 Å². The van der Waals surface area contributed by atoms with Crippen LogP contribution in [0.15, 0.2) is 0 Å². The smallest absolute Gasteiger partial charge is 0.217 e. The molecule has 0 aliphatic heterocycles. The minimum Gasteiger partial charge on any atom is -0.380 e. The fourth-order valence-electron chi connectivity index (χ4n) is 1.05. The van der Waals surface area contributed by atoms with Crippen molar-refractivity contribution in [3.63, 3.8) is 0 Å². The van der Waals surface area contributed by atoms with E-state index >= 15 is 0 Å². The van der Waals surface area contributed by atoms with Crippen molar-refractivity contribution in [1.29, 1.82) is 0 Å². The Hall–Kier alpha value is -0.130. The van der Waals surface area contributed by atoms with E-state index in [0.717, 1.165) is 6.42 Å². The predicted molar refractivity (Wildman–Crippen MR) is 46.2 cm³/mol. The van der Waals surface area contributed by atoms with E-state index in [1.165, 1.54) is 0 Å². The first-order valence-electron chi connectivity index (χ1n) is 4.12. The van der Waals surface area contributed by atoms with Crippen LogP contribution in [0.1, 0.15) is 26.2 Å². The summed E-state index contributed by atoms with van der Waals surface area (Å²) in [5.74, 6) is 0. The van der Waals surface area contributed by atoms with Gasteiger partial charge in [0.2, 0.25) is 10.0 Å². The third kappa shape index (κ3) is 1.97. The first kappa shape index (κ1) is 9.95. The predicted octanol–water partition coefficient (Wildman–Crippen LogP) is 0.234. The zero-order valence-corrected chi connectivity index (χ0v) is 8.06. The average Bonchev–Trinajstić information content (AvgIpc) is 2.67. The molecule has 0 bridgehead atoms. The van der Waals surface area contributed by atoms with E-state index in [9.17, 15) is 8.42 Å². The van der Waals surface area contributed by atoms with E-state index in [-0.39, 0.29) is 6.61 Å². The van der Waals surface area contributed by atoms with Crippen LogP contribution < -0.4 is 5.14 Å². The molecule has 1 aliphatic rings. The highest BCUT2D eigenvalue weighted by molar-refractivity contribution is 7.90. The Morgan fingerprint density at radius 2 is 2.08 bits per heavy atom. The normalized spacial score (nSPS) is 20.8. The molecule has 12 heavy (non-hydrogen) atoms. The molecule has 1 fully saturated rings. The molecule has 0 spiro atoms. The lowest BCUT2D eigenvalue weighted by Crippen LogP contribution is -2.34. The summed E-state index contributed by atoms with van der Waals surface area (Å²) < 4.78 is 26.5. The molecule has 4 nitrogen and oxygen atoms in total. The van der Waals surface area contributed by atoms with Gasteiger partial charge in [0, 0.05) is 6.61 Å². The van der Waals surface area contributed by atoms with Gasteiger partial charge in [-0.05, 0) is 19.3 Å². The molecule has 0 atom stereocenters. The largest absolute Gasteiger partial charge is 0.380 e. The summed E-state index contributed by atoms with van der Waals surface area (Å²) in [4.78, 5) is 0. The quantitative estimate of drug-likeness (QED) is 0.636. The highest BCUT2D eigenvalue weighted by Crippen LogP contribution is 2.42. The summed E-state index contributed by atoms with van der Waals surface area (Å²) in [6.07, 6.45) is 2.20. The summed E-state index contributed by atoms with van der Waals surface area (Å²) in [6.45, 7) is 2.85. The van der Waals surface area contributed by atoms with Gasteiger partial charge in [-0.1, -0.05) is 6.92 Å². The Morgan fingerprint density at radius 3 is 2.42 bits per heavy atom. The molecule has 0 unspecified atom stereocenters. The van der Waals surface area contributed by atoms with Crippen LogP contribution in [0.3, 0.4) is 0 Å².